The Morgan fingerprint density at radius 1 is 1.09 bits per heavy atom. The Morgan fingerprint density at radius 3 is 2.47 bits per heavy atom. The van der Waals surface area contributed by atoms with E-state index in [1.807, 2.05) is 35.0 Å². The third-order valence-electron chi connectivity index (χ3n) is 6.17. The number of aliphatic carboxylic acids is 1. The van der Waals surface area contributed by atoms with Gasteiger partial charge >= 0.3 is 5.97 Å². The molecule has 4 rings (SSSR count). The van der Waals surface area contributed by atoms with Crippen LogP contribution < -0.4 is 4.74 Å². The van der Waals surface area contributed by atoms with Crippen molar-refractivity contribution in [3.63, 3.8) is 0 Å². The number of fused-ring (bicyclic) bond motifs is 1. The summed E-state index contributed by atoms with van der Waals surface area (Å²) in [6, 6.07) is 8.08. The van der Waals surface area contributed by atoms with E-state index in [9.17, 15) is 9.90 Å². The standard InChI is InChI=1S/C24H31N3O4S/c1-30-14-4-2-3-5-15-31-20-12-10-18(11-13-20)22-26-27-16-21(25-24(27)32-22)17-6-8-19(9-7-17)23(28)29/h10-13,16-17,19H,2-9,14-15H2,1H3,(H,28,29)/t17-,19-. The van der Waals surface area contributed by atoms with Gasteiger partial charge < -0.3 is 14.6 Å². The van der Waals surface area contributed by atoms with Gasteiger partial charge in [0.15, 0.2) is 0 Å². The van der Waals surface area contributed by atoms with Crippen molar-refractivity contribution in [3.05, 3.63) is 36.2 Å². The molecule has 7 nitrogen and oxygen atoms in total. The zero-order valence-electron chi connectivity index (χ0n) is 18.5. The van der Waals surface area contributed by atoms with Crippen LogP contribution in [0.3, 0.4) is 0 Å². The molecule has 0 amide bonds. The quantitative estimate of drug-likeness (QED) is 0.388. The van der Waals surface area contributed by atoms with E-state index < -0.39 is 5.97 Å². The number of carboxylic acids is 1. The number of methoxy groups -OCH3 is 1. The predicted molar refractivity (Wildman–Crippen MR) is 124 cm³/mol. The van der Waals surface area contributed by atoms with Gasteiger partial charge in [0, 0.05) is 25.2 Å². The summed E-state index contributed by atoms with van der Waals surface area (Å²) in [4.78, 5) is 16.8. The number of nitrogens with zero attached hydrogens (tertiary/aromatic N) is 3. The minimum Gasteiger partial charge on any atom is -0.494 e. The normalized spacial score (nSPS) is 18.8. The number of unbranched alkanes of at least 4 members (excludes halogenated alkanes) is 3. The van der Waals surface area contributed by atoms with Crippen molar-refractivity contribution >= 4 is 22.3 Å². The van der Waals surface area contributed by atoms with Gasteiger partial charge in [-0.25, -0.2) is 9.50 Å². The average Bonchev–Trinajstić information content (AvgIpc) is 3.39. The summed E-state index contributed by atoms with van der Waals surface area (Å²) in [5.74, 6) is 0.341. The monoisotopic (exact) mass is 457 g/mol. The largest absolute Gasteiger partial charge is 0.494 e. The Kier molecular flexibility index (Phi) is 7.76. The van der Waals surface area contributed by atoms with Crippen molar-refractivity contribution < 1.29 is 19.4 Å². The van der Waals surface area contributed by atoms with Crippen molar-refractivity contribution in [2.75, 3.05) is 20.3 Å². The first-order valence-electron chi connectivity index (χ1n) is 11.4. The first-order valence-corrected chi connectivity index (χ1v) is 12.3. The topological polar surface area (TPSA) is 86.0 Å². The average molecular weight is 458 g/mol. The van der Waals surface area contributed by atoms with Gasteiger partial charge in [0.25, 0.3) is 0 Å². The Morgan fingerprint density at radius 2 is 1.81 bits per heavy atom. The van der Waals surface area contributed by atoms with Gasteiger partial charge in [-0.2, -0.15) is 5.10 Å². The van der Waals surface area contributed by atoms with E-state index in [1.165, 1.54) is 6.42 Å². The zero-order chi connectivity index (χ0) is 22.3. The van der Waals surface area contributed by atoms with Crippen LogP contribution in [0.1, 0.15) is 63.0 Å². The molecule has 2 aromatic heterocycles. The number of hydrogen-bond acceptors (Lipinski definition) is 6. The number of hydrogen-bond donors (Lipinski definition) is 1. The number of imidazole rings is 1. The lowest BCUT2D eigenvalue weighted by molar-refractivity contribution is -0.142. The fraction of sp³-hybridized carbons (Fsp3) is 0.542. The molecule has 172 valence electrons. The Hall–Kier alpha value is -2.45. The van der Waals surface area contributed by atoms with E-state index in [4.69, 9.17) is 19.6 Å². The van der Waals surface area contributed by atoms with Crippen LogP contribution in [-0.4, -0.2) is 46.0 Å². The van der Waals surface area contributed by atoms with Crippen molar-refractivity contribution in [1.29, 1.82) is 0 Å². The highest BCUT2D eigenvalue weighted by Crippen LogP contribution is 2.36. The molecule has 1 N–H and O–H groups in total. The first kappa shape index (κ1) is 22.7. The molecule has 8 heteroatoms. The summed E-state index contributed by atoms with van der Waals surface area (Å²) >= 11 is 1.57. The number of carboxylic acid groups (broad SMARTS) is 1. The van der Waals surface area contributed by atoms with Crippen LogP contribution in [0.15, 0.2) is 30.5 Å². The second-order valence-corrected chi connectivity index (χ2v) is 9.42. The van der Waals surface area contributed by atoms with E-state index in [0.717, 1.165) is 85.1 Å². The first-order chi connectivity index (χ1) is 15.6. The number of carbonyl (C=O) groups is 1. The van der Waals surface area contributed by atoms with Gasteiger partial charge in [-0.3, -0.25) is 4.79 Å². The molecule has 0 spiro atoms. The summed E-state index contributed by atoms with van der Waals surface area (Å²) in [6.07, 6.45) is 9.71. The van der Waals surface area contributed by atoms with Gasteiger partial charge in [0.05, 0.1) is 24.4 Å². The Bertz CT molecular complexity index is 975. The van der Waals surface area contributed by atoms with E-state index in [2.05, 4.69) is 0 Å². The fourth-order valence-electron chi connectivity index (χ4n) is 4.25. The molecule has 0 radical (unpaired) electrons. The molecule has 0 aliphatic heterocycles. The maximum atomic E-state index is 11.2. The summed E-state index contributed by atoms with van der Waals surface area (Å²) in [6.45, 7) is 1.56. The molecule has 1 saturated carbocycles. The third kappa shape index (κ3) is 5.66. The highest BCUT2D eigenvalue weighted by atomic mass is 32.1. The second kappa shape index (κ2) is 10.9. The molecule has 1 aromatic carbocycles. The van der Waals surface area contributed by atoms with E-state index >= 15 is 0 Å². The van der Waals surface area contributed by atoms with Crippen LogP contribution >= 0.6 is 11.3 Å². The Balaban J connectivity index is 1.29. The lowest BCUT2D eigenvalue weighted by Gasteiger charge is -2.24. The number of aromatic nitrogens is 3. The van der Waals surface area contributed by atoms with Gasteiger partial charge in [0.1, 0.15) is 10.8 Å². The summed E-state index contributed by atoms with van der Waals surface area (Å²) in [5.41, 5.74) is 2.08. The van der Waals surface area contributed by atoms with Gasteiger partial charge in [-0.05, 0) is 69.2 Å². The van der Waals surface area contributed by atoms with Crippen LogP contribution in [-0.2, 0) is 9.53 Å². The van der Waals surface area contributed by atoms with Crippen LogP contribution in [0, 0.1) is 5.92 Å². The minimum absolute atomic E-state index is 0.201. The molecular weight excluding hydrogens is 426 g/mol. The second-order valence-electron chi connectivity index (χ2n) is 8.47. The molecule has 1 fully saturated rings. The Labute approximate surface area is 192 Å². The SMILES string of the molecule is COCCCCCCOc1ccc(-c2nn3cc([C@H]4CC[C@H](C(=O)O)CC4)nc3s2)cc1. The molecule has 1 aliphatic carbocycles. The van der Waals surface area contributed by atoms with Crippen molar-refractivity contribution in [2.45, 2.75) is 57.3 Å². The van der Waals surface area contributed by atoms with Gasteiger partial charge in [0.2, 0.25) is 4.96 Å². The van der Waals surface area contributed by atoms with Gasteiger partial charge in [-0.15, -0.1) is 0 Å². The van der Waals surface area contributed by atoms with Crippen molar-refractivity contribution in [2.24, 2.45) is 5.92 Å². The molecule has 0 bridgehead atoms. The highest BCUT2D eigenvalue weighted by Gasteiger charge is 2.28. The maximum absolute atomic E-state index is 11.2. The predicted octanol–water partition coefficient (Wildman–Crippen LogP) is 5.40. The zero-order valence-corrected chi connectivity index (χ0v) is 19.4. The summed E-state index contributed by atoms with van der Waals surface area (Å²) in [5, 5.41) is 14.8. The third-order valence-corrected chi connectivity index (χ3v) is 7.14. The van der Waals surface area contributed by atoms with Crippen LogP contribution in [0.2, 0.25) is 0 Å². The minimum atomic E-state index is -0.671. The molecule has 2 heterocycles. The summed E-state index contributed by atoms with van der Waals surface area (Å²) in [7, 11) is 1.74. The number of benzene rings is 1. The lowest BCUT2D eigenvalue weighted by atomic mass is 9.81. The smallest absolute Gasteiger partial charge is 0.306 e. The highest BCUT2D eigenvalue weighted by molar-refractivity contribution is 7.19. The van der Waals surface area contributed by atoms with E-state index in [-0.39, 0.29) is 5.92 Å². The molecule has 0 atom stereocenters. The lowest BCUT2D eigenvalue weighted by Crippen LogP contribution is -2.20. The van der Waals surface area contributed by atoms with Gasteiger partial charge in [-0.1, -0.05) is 17.8 Å². The number of rotatable bonds is 11. The fourth-order valence-corrected chi connectivity index (χ4v) is 5.15. The molecule has 0 unspecified atom stereocenters. The van der Waals surface area contributed by atoms with Crippen molar-refractivity contribution in [3.8, 4) is 16.3 Å². The number of ether oxygens (including phenoxy) is 2. The molecular formula is C24H31N3O4S. The van der Waals surface area contributed by atoms with E-state index in [1.54, 1.807) is 18.4 Å². The van der Waals surface area contributed by atoms with Crippen molar-refractivity contribution in [1.82, 2.24) is 14.6 Å². The summed E-state index contributed by atoms with van der Waals surface area (Å²) < 4.78 is 12.8. The van der Waals surface area contributed by atoms with E-state index in [0.29, 0.717) is 5.92 Å². The molecule has 1 aliphatic rings. The van der Waals surface area contributed by atoms with Crippen LogP contribution in [0.5, 0.6) is 5.75 Å². The molecule has 0 saturated heterocycles. The van der Waals surface area contributed by atoms with Crippen LogP contribution in [0.25, 0.3) is 15.5 Å². The molecule has 32 heavy (non-hydrogen) atoms. The maximum Gasteiger partial charge on any atom is 0.306 e. The van der Waals surface area contributed by atoms with Crippen LogP contribution in [0.4, 0.5) is 0 Å². The molecule has 3 aromatic rings.